The highest BCUT2D eigenvalue weighted by Crippen LogP contribution is 2.32. The SMILES string of the molecule is CCCNC(=O)[C@H](C1CCCC1)N1CCN(C(=O)c2ccc(C(F)(F)F)cc2)CC1. The lowest BCUT2D eigenvalue weighted by atomic mass is 9.95. The van der Waals surface area contributed by atoms with Gasteiger partial charge in [0.1, 0.15) is 0 Å². The number of hydrogen-bond acceptors (Lipinski definition) is 3. The summed E-state index contributed by atoms with van der Waals surface area (Å²) in [6, 6.07) is 4.19. The molecule has 5 nitrogen and oxygen atoms in total. The van der Waals surface area contributed by atoms with Crippen molar-refractivity contribution in [1.29, 1.82) is 0 Å². The number of hydrogen-bond donors (Lipinski definition) is 1. The summed E-state index contributed by atoms with van der Waals surface area (Å²) < 4.78 is 38.2. The molecule has 2 amide bonds. The number of carbonyl (C=O) groups is 2. The van der Waals surface area contributed by atoms with Gasteiger partial charge in [0.25, 0.3) is 5.91 Å². The number of rotatable bonds is 6. The largest absolute Gasteiger partial charge is 0.416 e. The summed E-state index contributed by atoms with van der Waals surface area (Å²) in [6.07, 6.45) is 0.867. The minimum Gasteiger partial charge on any atom is -0.355 e. The number of benzene rings is 1. The second-order valence-electron chi connectivity index (χ2n) is 8.18. The molecule has 1 atom stereocenters. The van der Waals surface area contributed by atoms with Crippen molar-refractivity contribution < 1.29 is 22.8 Å². The summed E-state index contributed by atoms with van der Waals surface area (Å²) in [5, 5.41) is 3.03. The molecule has 2 fully saturated rings. The smallest absolute Gasteiger partial charge is 0.355 e. The molecule has 3 rings (SSSR count). The summed E-state index contributed by atoms with van der Waals surface area (Å²) in [5.74, 6) is 0.154. The highest BCUT2D eigenvalue weighted by molar-refractivity contribution is 5.94. The van der Waals surface area contributed by atoms with E-state index in [1.165, 1.54) is 12.1 Å². The lowest BCUT2D eigenvalue weighted by Crippen LogP contribution is -2.58. The maximum atomic E-state index is 12.8. The molecule has 0 unspecified atom stereocenters. The fourth-order valence-electron chi connectivity index (χ4n) is 4.49. The Kier molecular flexibility index (Phi) is 7.39. The van der Waals surface area contributed by atoms with Gasteiger partial charge < -0.3 is 10.2 Å². The van der Waals surface area contributed by atoms with Crippen LogP contribution in [0.25, 0.3) is 0 Å². The van der Waals surface area contributed by atoms with E-state index in [-0.39, 0.29) is 23.4 Å². The summed E-state index contributed by atoms with van der Waals surface area (Å²) in [5.41, 5.74) is -0.508. The average molecular weight is 425 g/mol. The van der Waals surface area contributed by atoms with E-state index in [9.17, 15) is 22.8 Å². The molecule has 1 aliphatic heterocycles. The molecule has 2 aliphatic rings. The van der Waals surface area contributed by atoms with Crippen LogP contribution in [-0.4, -0.2) is 60.4 Å². The molecule has 0 spiro atoms. The van der Waals surface area contributed by atoms with E-state index in [0.29, 0.717) is 38.6 Å². The highest BCUT2D eigenvalue weighted by atomic mass is 19.4. The van der Waals surface area contributed by atoms with Crippen molar-refractivity contribution in [3.05, 3.63) is 35.4 Å². The van der Waals surface area contributed by atoms with E-state index >= 15 is 0 Å². The van der Waals surface area contributed by atoms with Crippen LogP contribution in [0.2, 0.25) is 0 Å². The lowest BCUT2D eigenvalue weighted by molar-refractivity contribution is -0.137. The van der Waals surface area contributed by atoms with Gasteiger partial charge in [-0.25, -0.2) is 0 Å². The molecule has 1 saturated carbocycles. The number of nitrogens with zero attached hydrogens (tertiary/aromatic N) is 2. The second-order valence-corrected chi connectivity index (χ2v) is 8.18. The number of halogens is 3. The maximum Gasteiger partial charge on any atom is 0.416 e. The third kappa shape index (κ3) is 5.33. The number of carbonyl (C=O) groups excluding carboxylic acids is 2. The Balaban J connectivity index is 1.61. The Morgan fingerprint density at radius 1 is 1.07 bits per heavy atom. The normalized spacial score (nSPS) is 19.7. The summed E-state index contributed by atoms with van der Waals surface area (Å²) in [4.78, 5) is 29.4. The van der Waals surface area contributed by atoms with Gasteiger partial charge in [-0.05, 0) is 49.4 Å². The van der Waals surface area contributed by atoms with Gasteiger partial charge in [0.15, 0.2) is 0 Å². The predicted octanol–water partition coefficient (Wildman–Crippen LogP) is 3.55. The first kappa shape index (κ1) is 22.6. The average Bonchev–Trinajstić information content (AvgIpc) is 3.26. The fourth-order valence-corrected chi connectivity index (χ4v) is 4.49. The molecule has 0 aromatic heterocycles. The van der Waals surface area contributed by atoms with Crippen molar-refractivity contribution in [3.8, 4) is 0 Å². The van der Waals surface area contributed by atoms with Gasteiger partial charge in [-0.3, -0.25) is 14.5 Å². The van der Waals surface area contributed by atoms with Crippen LogP contribution in [0.15, 0.2) is 24.3 Å². The van der Waals surface area contributed by atoms with E-state index in [0.717, 1.165) is 44.2 Å². The van der Waals surface area contributed by atoms with E-state index in [4.69, 9.17) is 0 Å². The molecular formula is C22H30F3N3O2. The summed E-state index contributed by atoms with van der Waals surface area (Å²) in [7, 11) is 0. The Bertz CT molecular complexity index is 722. The lowest BCUT2D eigenvalue weighted by Gasteiger charge is -2.40. The topological polar surface area (TPSA) is 52.7 Å². The number of amides is 2. The first-order chi connectivity index (χ1) is 14.3. The van der Waals surface area contributed by atoms with Crippen LogP contribution in [0.1, 0.15) is 54.9 Å². The molecule has 1 aliphatic carbocycles. The van der Waals surface area contributed by atoms with Crippen LogP contribution in [0.4, 0.5) is 13.2 Å². The third-order valence-electron chi connectivity index (χ3n) is 6.12. The van der Waals surface area contributed by atoms with Crippen LogP contribution >= 0.6 is 0 Å². The minimum atomic E-state index is -4.42. The summed E-state index contributed by atoms with van der Waals surface area (Å²) >= 11 is 0. The van der Waals surface area contributed by atoms with Crippen LogP contribution in [0.5, 0.6) is 0 Å². The molecular weight excluding hydrogens is 395 g/mol. The molecule has 8 heteroatoms. The van der Waals surface area contributed by atoms with Gasteiger partial charge >= 0.3 is 6.18 Å². The molecule has 1 aromatic carbocycles. The predicted molar refractivity (Wildman–Crippen MR) is 108 cm³/mol. The Morgan fingerprint density at radius 3 is 2.20 bits per heavy atom. The maximum absolute atomic E-state index is 12.8. The first-order valence-electron chi connectivity index (χ1n) is 10.8. The van der Waals surface area contributed by atoms with Gasteiger partial charge in [-0.15, -0.1) is 0 Å². The highest BCUT2D eigenvalue weighted by Gasteiger charge is 2.37. The molecule has 1 heterocycles. The van der Waals surface area contributed by atoms with Gasteiger partial charge in [0.2, 0.25) is 5.91 Å². The van der Waals surface area contributed by atoms with Crippen LogP contribution < -0.4 is 5.32 Å². The second kappa shape index (κ2) is 9.81. The van der Waals surface area contributed by atoms with E-state index in [2.05, 4.69) is 10.2 Å². The Hall–Kier alpha value is -2.09. The molecule has 0 radical (unpaired) electrons. The zero-order chi connectivity index (χ0) is 21.7. The van der Waals surface area contributed by atoms with E-state index in [1.54, 1.807) is 4.90 Å². The van der Waals surface area contributed by atoms with Crippen LogP contribution in [0.3, 0.4) is 0 Å². The molecule has 0 bridgehead atoms. The van der Waals surface area contributed by atoms with Crippen molar-refractivity contribution in [2.24, 2.45) is 5.92 Å². The van der Waals surface area contributed by atoms with Crippen molar-refractivity contribution in [3.63, 3.8) is 0 Å². The zero-order valence-corrected chi connectivity index (χ0v) is 17.4. The summed E-state index contributed by atoms with van der Waals surface area (Å²) in [6.45, 7) is 4.79. The number of alkyl halides is 3. The quantitative estimate of drug-likeness (QED) is 0.759. The molecule has 166 valence electrons. The van der Waals surface area contributed by atoms with Gasteiger partial charge in [-0.2, -0.15) is 13.2 Å². The molecule has 1 N–H and O–H groups in total. The van der Waals surface area contributed by atoms with E-state index < -0.39 is 11.7 Å². The van der Waals surface area contributed by atoms with Crippen molar-refractivity contribution in [2.75, 3.05) is 32.7 Å². The van der Waals surface area contributed by atoms with Crippen molar-refractivity contribution in [2.45, 2.75) is 51.2 Å². The Labute approximate surface area is 175 Å². The Morgan fingerprint density at radius 2 is 1.67 bits per heavy atom. The molecule has 1 saturated heterocycles. The fraction of sp³-hybridized carbons (Fsp3) is 0.636. The zero-order valence-electron chi connectivity index (χ0n) is 17.4. The van der Waals surface area contributed by atoms with Crippen molar-refractivity contribution in [1.82, 2.24) is 15.1 Å². The van der Waals surface area contributed by atoms with Gasteiger partial charge in [0, 0.05) is 38.3 Å². The van der Waals surface area contributed by atoms with Crippen molar-refractivity contribution >= 4 is 11.8 Å². The number of nitrogens with one attached hydrogen (secondary N) is 1. The third-order valence-corrected chi connectivity index (χ3v) is 6.12. The van der Waals surface area contributed by atoms with Crippen LogP contribution in [0, 0.1) is 5.92 Å². The molecule has 1 aromatic rings. The van der Waals surface area contributed by atoms with Gasteiger partial charge in [-0.1, -0.05) is 19.8 Å². The monoisotopic (exact) mass is 425 g/mol. The standard InChI is InChI=1S/C22H30F3N3O2/c1-2-11-26-20(29)19(16-5-3-4-6-16)27-12-14-28(15-13-27)21(30)17-7-9-18(10-8-17)22(23,24)25/h7-10,16,19H,2-6,11-15H2,1H3,(H,26,29)/t19-/m0/s1. The van der Waals surface area contributed by atoms with Gasteiger partial charge in [0.05, 0.1) is 11.6 Å². The minimum absolute atomic E-state index is 0.0752. The number of piperazine rings is 1. The first-order valence-corrected chi connectivity index (χ1v) is 10.8. The van der Waals surface area contributed by atoms with Crippen LogP contribution in [-0.2, 0) is 11.0 Å². The van der Waals surface area contributed by atoms with E-state index in [1.807, 2.05) is 6.92 Å². The molecule has 30 heavy (non-hydrogen) atoms.